The van der Waals surface area contributed by atoms with Crippen LogP contribution in [0.5, 0.6) is 0 Å². The highest BCUT2D eigenvalue weighted by Gasteiger charge is 2.28. The molecule has 2 rings (SSSR count). The first-order chi connectivity index (χ1) is 10.4. The molecule has 0 radical (unpaired) electrons. The smallest absolute Gasteiger partial charge is 0.283 e. The average Bonchev–Trinajstić information content (AvgIpc) is 2.75. The van der Waals surface area contributed by atoms with Crippen molar-refractivity contribution in [3.8, 4) is 0 Å². The van der Waals surface area contributed by atoms with Gasteiger partial charge in [-0.05, 0) is 12.1 Å². The molecular weight excluding hydrogens is 321 g/mol. The van der Waals surface area contributed by atoms with E-state index in [0.29, 0.717) is 21.9 Å². The summed E-state index contributed by atoms with van der Waals surface area (Å²) in [6, 6.07) is 5.00. The van der Waals surface area contributed by atoms with Gasteiger partial charge in [0.25, 0.3) is 12.3 Å². The highest BCUT2D eigenvalue weighted by atomic mass is 35.5. The molecule has 1 amide bonds. The van der Waals surface area contributed by atoms with E-state index < -0.39 is 29.5 Å². The fraction of sp³-hybridized carbons (Fsp3) is 0.308. The molecular formula is C13H12ClF3N4O. The summed E-state index contributed by atoms with van der Waals surface area (Å²) in [6.07, 6.45) is -2.70. The molecule has 0 unspecified atom stereocenters. The van der Waals surface area contributed by atoms with Crippen LogP contribution in [0.1, 0.15) is 28.2 Å². The van der Waals surface area contributed by atoms with E-state index in [-0.39, 0.29) is 6.54 Å². The molecule has 0 saturated heterocycles. The molecule has 1 N–H and O–H groups in total. The number of alkyl halides is 2. The largest absolute Gasteiger partial charge is 0.351 e. The number of carbonyl (C=O) groups is 1. The number of amides is 1. The van der Waals surface area contributed by atoms with Gasteiger partial charge in [-0.15, -0.1) is 0 Å². The summed E-state index contributed by atoms with van der Waals surface area (Å²) in [5, 5.41) is 5.98. The van der Waals surface area contributed by atoms with Crippen molar-refractivity contribution in [3.05, 3.63) is 46.3 Å². The van der Waals surface area contributed by atoms with Gasteiger partial charge in [-0.25, -0.2) is 18.4 Å². The van der Waals surface area contributed by atoms with Crippen molar-refractivity contribution in [2.24, 2.45) is 7.05 Å². The van der Waals surface area contributed by atoms with Gasteiger partial charge in [-0.2, -0.15) is 9.49 Å². The first-order valence-electron chi connectivity index (χ1n) is 6.30. The lowest BCUT2D eigenvalue weighted by atomic mass is 10.2. The maximum atomic E-state index is 13.7. The Morgan fingerprint density at radius 3 is 2.82 bits per heavy atom. The number of hydrogen-bond donors (Lipinski definition) is 1. The second-order valence-electron chi connectivity index (χ2n) is 4.43. The van der Waals surface area contributed by atoms with E-state index in [1.807, 2.05) is 0 Å². The minimum Gasteiger partial charge on any atom is -0.351 e. The fourth-order valence-electron chi connectivity index (χ4n) is 1.87. The highest BCUT2D eigenvalue weighted by Crippen LogP contribution is 2.23. The summed E-state index contributed by atoms with van der Waals surface area (Å²) in [4.78, 5) is 15.9. The summed E-state index contributed by atoms with van der Waals surface area (Å²) in [6.45, 7) is 0.100. The fourth-order valence-corrected chi connectivity index (χ4v) is 2.05. The van der Waals surface area contributed by atoms with Crippen molar-refractivity contribution in [1.29, 1.82) is 0 Å². The average molecular weight is 333 g/mol. The van der Waals surface area contributed by atoms with Gasteiger partial charge in [0.15, 0.2) is 0 Å². The summed E-state index contributed by atoms with van der Waals surface area (Å²) < 4.78 is 39.8. The van der Waals surface area contributed by atoms with E-state index in [1.165, 1.54) is 0 Å². The van der Waals surface area contributed by atoms with Crippen LogP contribution in [-0.2, 0) is 13.5 Å². The van der Waals surface area contributed by atoms with Crippen LogP contribution < -0.4 is 5.32 Å². The predicted molar refractivity (Wildman–Crippen MR) is 73.4 cm³/mol. The Kier molecular flexibility index (Phi) is 5.02. The number of rotatable bonds is 5. The van der Waals surface area contributed by atoms with Gasteiger partial charge in [0, 0.05) is 25.7 Å². The highest BCUT2D eigenvalue weighted by molar-refractivity contribution is 6.29. The minimum atomic E-state index is -3.04. The third-order valence-corrected chi connectivity index (χ3v) is 3.09. The lowest BCUT2D eigenvalue weighted by molar-refractivity contribution is 0.0934. The van der Waals surface area contributed by atoms with Crippen LogP contribution in [0.2, 0.25) is 5.15 Å². The lowest BCUT2D eigenvalue weighted by Gasteiger charge is -2.05. The maximum Gasteiger partial charge on any atom is 0.283 e. The molecule has 9 heteroatoms. The number of hydrogen-bond acceptors (Lipinski definition) is 3. The van der Waals surface area contributed by atoms with Crippen molar-refractivity contribution < 1.29 is 18.0 Å². The van der Waals surface area contributed by atoms with Crippen LogP contribution in [0.25, 0.3) is 0 Å². The molecule has 0 atom stereocenters. The molecule has 0 aliphatic heterocycles. The Labute approximate surface area is 129 Å². The minimum absolute atomic E-state index is 0.100. The number of nitrogens with zero attached hydrogens (tertiary/aromatic N) is 3. The Morgan fingerprint density at radius 2 is 2.18 bits per heavy atom. The number of carbonyl (C=O) groups excluding carboxylic acids is 1. The zero-order chi connectivity index (χ0) is 16.3. The number of nitrogens with one attached hydrogen (secondary N) is 1. The quantitative estimate of drug-likeness (QED) is 0.856. The van der Waals surface area contributed by atoms with Crippen LogP contribution in [0.15, 0.2) is 18.2 Å². The molecule has 0 saturated carbocycles. The van der Waals surface area contributed by atoms with Gasteiger partial charge in [-0.3, -0.25) is 4.79 Å². The third-order valence-electron chi connectivity index (χ3n) is 2.88. The van der Waals surface area contributed by atoms with Gasteiger partial charge in [0.2, 0.25) is 5.95 Å². The molecule has 0 aliphatic carbocycles. The third kappa shape index (κ3) is 3.56. The molecule has 118 valence electrons. The SMILES string of the molecule is Cn1nc(C(F)F)c(C(=O)NCCc2cccc(Cl)n2)c1F. The molecule has 22 heavy (non-hydrogen) atoms. The molecule has 0 fully saturated rings. The Bertz CT molecular complexity index is 690. The standard InChI is InChI=1S/C13H12ClF3N4O/c1-21-12(17)9(10(20-21)11(15)16)13(22)18-6-5-7-3-2-4-8(14)19-7/h2-4,11H,5-6H2,1H3,(H,18,22). The van der Waals surface area contributed by atoms with Gasteiger partial charge in [-0.1, -0.05) is 17.7 Å². The summed E-state index contributed by atoms with van der Waals surface area (Å²) in [5.74, 6) is -2.04. The normalized spacial score (nSPS) is 11.0. The Balaban J connectivity index is 2.04. The maximum absolute atomic E-state index is 13.7. The number of aromatic nitrogens is 3. The van der Waals surface area contributed by atoms with E-state index in [2.05, 4.69) is 15.4 Å². The zero-order valence-electron chi connectivity index (χ0n) is 11.5. The number of pyridine rings is 1. The van der Waals surface area contributed by atoms with Crippen molar-refractivity contribution in [2.45, 2.75) is 12.8 Å². The van der Waals surface area contributed by atoms with Crippen molar-refractivity contribution >= 4 is 17.5 Å². The van der Waals surface area contributed by atoms with Gasteiger partial charge in [0.05, 0.1) is 0 Å². The van der Waals surface area contributed by atoms with Crippen molar-refractivity contribution in [3.63, 3.8) is 0 Å². The molecule has 0 aliphatic rings. The van der Waals surface area contributed by atoms with E-state index in [0.717, 1.165) is 7.05 Å². The molecule has 5 nitrogen and oxygen atoms in total. The van der Waals surface area contributed by atoms with E-state index in [4.69, 9.17) is 11.6 Å². The van der Waals surface area contributed by atoms with E-state index in [1.54, 1.807) is 18.2 Å². The lowest BCUT2D eigenvalue weighted by Crippen LogP contribution is -2.27. The van der Waals surface area contributed by atoms with Gasteiger partial charge in [0.1, 0.15) is 16.4 Å². The Morgan fingerprint density at radius 1 is 1.45 bits per heavy atom. The molecule has 2 aromatic heterocycles. The van der Waals surface area contributed by atoms with Crippen molar-refractivity contribution in [1.82, 2.24) is 20.1 Å². The van der Waals surface area contributed by atoms with Crippen LogP contribution in [0.3, 0.4) is 0 Å². The summed E-state index contributed by atoms with van der Waals surface area (Å²) in [5.41, 5.74) is -0.997. The monoisotopic (exact) mass is 332 g/mol. The molecule has 0 bridgehead atoms. The predicted octanol–water partition coefficient (Wildman–Crippen LogP) is 2.52. The van der Waals surface area contributed by atoms with Crippen LogP contribution in [0.4, 0.5) is 13.2 Å². The molecule has 2 aromatic rings. The number of halogens is 4. The zero-order valence-corrected chi connectivity index (χ0v) is 12.2. The second kappa shape index (κ2) is 6.78. The molecule has 0 aromatic carbocycles. The Hall–Kier alpha value is -2.09. The van der Waals surface area contributed by atoms with Gasteiger partial charge < -0.3 is 5.32 Å². The summed E-state index contributed by atoms with van der Waals surface area (Å²) >= 11 is 5.72. The van der Waals surface area contributed by atoms with Crippen LogP contribution in [0, 0.1) is 5.95 Å². The first-order valence-corrected chi connectivity index (χ1v) is 6.68. The van der Waals surface area contributed by atoms with E-state index >= 15 is 0 Å². The second-order valence-corrected chi connectivity index (χ2v) is 4.82. The van der Waals surface area contributed by atoms with E-state index in [9.17, 15) is 18.0 Å². The number of aryl methyl sites for hydroxylation is 1. The van der Waals surface area contributed by atoms with Crippen molar-refractivity contribution in [2.75, 3.05) is 6.54 Å². The topological polar surface area (TPSA) is 59.8 Å². The molecule has 0 spiro atoms. The first kappa shape index (κ1) is 16.3. The van der Waals surface area contributed by atoms with Crippen LogP contribution >= 0.6 is 11.6 Å². The molecule has 2 heterocycles. The van der Waals surface area contributed by atoms with Gasteiger partial charge >= 0.3 is 0 Å². The summed E-state index contributed by atoms with van der Waals surface area (Å²) in [7, 11) is 1.15. The van der Waals surface area contributed by atoms with Crippen LogP contribution in [-0.4, -0.2) is 27.2 Å².